The van der Waals surface area contributed by atoms with Gasteiger partial charge in [-0.15, -0.1) is 0 Å². The van der Waals surface area contributed by atoms with E-state index in [1.807, 2.05) is 6.08 Å². The Balaban J connectivity index is 2.50. The molecule has 2 aliphatic rings. The average molecular weight is 208 g/mol. The van der Waals surface area contributed by atoms with Crippen molar-refractivity contribution in [1.29, 1.82) is 0 Å². The molecule has 1 fully saturated rings. The first-order valence-corrected chi connectivity index (χ1v) is 4.94. The van der Waals surface area contributed by atoms with Gasteiger partial charge in [0.2, 0.25) is 0 Å². The molecule has 0 aromatic heterocycles. The van der Waals surface area contributed by atoms with Crippen LogP contribution in [0.25, 0.3) is 0 Å². The summed E-state index contributed by atoms with van der Waals surface area (Å²) in [5, 5.41) is 18.3. The molecule has 0 bridgehead atoms. The minimum Gasteiger partial charge on any atom is -0.480 e. The van der Waals surface area contributed by atoms with E-state index < -0.39 is 17.4 Å². The lowest BCUT2D eigenvalue weighted by Crippen LogP contribution is -2.44. The van der Waals surface area contributed by atoms with Crippen molar-refractivity contribution in [3.63, 3.8) is 0 Å². The fourth-order valence-electron chi connectivity index (χ4n) is 2.56. The van der Waals surface area contributed by atoms with Crippen LogP contribution in [0.15, 0.2) is 23.8 Å². The second-order valence-electron chi connectivity index (χ2n) is 4.02. The van der Waals surface area contributed by atoms with Gasteiger partial charge in [0.1, 0.15) is 0 Å². The van der Waals surface area contributed by atoms with E-state index in [9.17, 15) is 9.59 Å². The van der Waals surface area contributed by atoms with Gasteiger partial charge in [-0.3, -0.25) is 9.59 Å². The maximum atomic E-state index is 11.2. The van der Waals surface area contributed by atoms with Gasteiger partial charge in [0, 0.05) is 5.92 Å². The molecular weight excluding hydrogens is 196 g/mol. The summed E-state index contributed by atoms with van der Waals surface area (Å²) in [5.41, 5.74) is -0.775. The SMILES string of the molecule is O=C(O)C1(C(=O)O)C=CC=C2CCCC21. The first-order valence-electron chi connectivity index (χ1n) is 4.94. The maximum Gasteiger partial charge on any atom is 0.325 e. The van der Waals surface area contributed by atoms with Gasteiger partial charge < -0.3 is 10.2 Å². The summed E-state index contributed by atoms with van der Waals surface area (Å²) in [6, 6.07) is 0. The standard InChI is InChI=1S/C11H12O4/c12-9(13)11(10(14)15)6-2-4-7-3-1-5-8(7)11/h2,4,6,8H,1,3,5H2,(H,12,13)(H,14,15). The Bertz CT molecular complexity index is 364. The third kappa shape index (κ3) is 1.21. The van der Waals surface area contributed by atoms with E-state index in [-0.39, 0.29) is 5.92 Å². The van der Waals surface area contributed by atoms with Crippen molar-refractivity contribution in [2.75, 3.05) is 0 Å². The van der Waals surface area contributed by atoms with Crippen molar-refractivity contribution in [3.8, 4) is 0 Å². The molecule has 0 aromatic rings. The van der Waals surface area contributed by atoms with Crippen LogP contribution < -0.4 is 0 Å². The molecule has 80 valence electrons. The zero-order chi connectivity index (χ0) is 11.1. The zero-order valence-electron chi connectivity index (χ0n) is 8.14. The van der Waals surface area contributed by atoms with Crippen molar-refractivity contribution in [3.05, 3.63) is 23.8 Å². The summed E-state index contributed by atoms with van der Waals surface area (Å²) in [7, 11) is 0. The van der Waals surface area contributed by atoms with E-state index in [0.717, 1.165) is 18.4 Å². The third-order valence-corrected chi connectivity index (χ3v) is 3.33. The molecule has 15 heavy (non-hydrogen) atoms. The van der Waals surface area contributed by atoms with Crippen molar-refractivity contribution >= 4 is 11.9 Å². The molecular formula is C11H12O4. The lowest BCUT2D eigenvalue weighted by atomic mass is 9.70. The minimum atomic E-state index is -1.74. The molecule has 1 unspecified atom stereocenters. The number of carboxylic acid groups (broad SMARTS) is 2. The predicted molar refractivity (Wildman–Crippen MR) is 52.3 cm³/mol. The Kier molecular flexibility index (Phi) is 2.14. The van der Waals surface area contributed by atoms with Gasteiger partial charge in [0.25, 0.3) is 0 Å². The third-order valence-electron chi connectivity index (χ3n) is 3.33. The van der Waals surface area contributed by atoms with Gasteiger partial charge in [-0.05, 0) is 19.3 Å². The Morgan fingerprint density at radius 1 is 1.33 bits per heavy atom. The molecule has 4 nitrogen and oxygen atoms in total. The van der Waals surface area contributed by atoms with Gasteiger partial charge in [-0.1, -0.05) is 23.8 Å². The largest absolute Gasteiger partial charge is 0.480 e. The van der Waals surface area contributed by atoms with Crippen molar-refractivity contribution in [2.24, 2.45) is 11.3 Å². The Hall–Kier alpha value is -1.58. The fraction of sp³-hybridized carbons (Fsp3) is 0.455. The molecule has 0 heterocycles. The minimum absolute atomic E-state index is 0.363. The highest BCUT2D eigenvalue weighted by molar-refractivity contribution is 6.01. The summed E-state index contributed by atoms with van der Waals surface area (Å²) in [5.74, 6) is -2.88. The fourth-order valence-corrected chi connectivity index (χ4v) is 2.56. The van der Waals surface area contributed by atoms with Gasteiger partial charge in [-0.25, -0.2) is 0 Å². The first-order chi connectivity index (χ1) is 7.09. The highest BCUT2D eigenvalue weighted by Gasteiger charge is 2.54. The molecule has 1 saturated carbocycles. The van der Waals surface area contributed by atoms with Crippen LogP contribution in [0.3, 0.4) is 0 Å². The van der Waals surface area contributed by atoms with Gasteiger partial charge in [0.05, 0.1) is 0 Å². The summed E-state index contributed by atoms with van der Waals surface area (Å²) in [4.78, 5) is 22.4. The summed E-state index contributed by atoms with van der Waals surface area (Å²) < 4.78 is 0. The molecule has 0 saturated heterocycles. The van der Waals surface area contributed by atoms with Crippen molar-refractivity contribution < 1.29 is 19.8 Å². The van der Waals surface area contributed by atoms with E-state index in [2.05, 4.69) is 0 Å². The van der Waals surface area contributed by atoms with Crippen LogP contribution in [0.5, 0.6) is 0 Å². The van der Waals surface area contributed by atoms with Crippen LogP contribution in [-0.2, 0) is 9.59 Å². The number of rotatable bonds is 2. The summed E-state index contributed by atoms with van der Waals surface area (Å²) >= 11 is 0. The van der Waals surface area contributed by atoms with Crippen LogP contribution >= 0.6 is 0 Å². The normalized spacial score (nSPS) is 26.9. The molecule has 4 heteroatoms. The molecule has 0 radical (unpaired) electrons. The van der Waals surface area contributed by atoms with E-state index in [1.54, 1.807) is 6.08 Å². The topological polar surface area (TPSA) is 74.6 Å². The lowest BCUT2D eigenvalue weighted by Gasteiger charge is -2.31. The average Bonchev–Trinajstić information content (AvgIpc) is 2.63. The van der Waals surface area contributed by atoms with Gasteiger partial charge in [0.15, 0.2) is 5.41 Å². The number of allylic oxidation sites excluding steroid dienone is 3. The lowest BCUT2D eigenvalue weighted by molar-refractivity contribution is -0.163. The second kappa shape index (κ2) is 3.22. The van der Waals surface area contributed by atoms with Crippen molar-refractivity contribution in [2.45, 2.75) is 19.3 Å². The number of carbonyl (C=O) groups is 2. The number of hydrogen-bond donors (Lipinski definition) is 2. The van der Waals surface area contributed by atoms with Crippen LogP contribution in [0.4, 0.5) is 0 Å². The highest BCUT2D eigenvalue weighted by atomic mass is 16.4. The number of carboxylic acids is 2. The maximum absolute atomic E-state index is 11.2. The highest BCUT2D eigenvalue weighted by Crippen LogP contribution is 2.47. The van der Waals surface area contributed by atoms with Crippen LogP contribution in [0, 0.1) is 11.3 Å². The van der Waals surface area contributed by atoms with Gasteiger partial charge in [-0.2, -0.15) is 0 Å². The smallest absolute Gasteiger partial charge is 0.325 e. The van der Waals surface area contributed by atoms with Crippen LogP contribution in [-0.4, -0.2) is 22.2 Å². The summed E-state index contributed by atoms with van der Waals surface area (Å²) in [6.45, 7) is 0. The Labute approximate surface area is 86.9 Å². The van der Waals surface area contributed by atoms with E-state index in [0.29, 0.717) is 6.42 Å². The molecule has 1 atom stereocenters. The van der Waals surface area contributed by atoms with Crippen molar-refractivity contribution in [1.82, 2.24) is 0 Å². The van der Waals surface area contributed by atoms with Gasteiger partial charge >= 0.3 is 11.9 Å². The molecule has 0 amide bonds. The monoisotopic (exact) mass is 208 g/mol. The van der Waals surface area contributed by atoms with E-state index >= 15 is 0 Å². The number of fused-ring (bicyclic) bond motifs is 1. The zero-order valence-corrected chi connectivity index (χ0v) is 8.14. The molecule has 2 aliphatic carbocycles. The molecule has 0 aliphatic heterocycles. The number of aliphatic carboxylic acids is 2. The quantitative estimate of drug-likeness (QED) is 0.673. The molecule has 2 N–H and O–H groups in total. The van der Waals surface area contributed by atoms with Crippen LogP contribution in [0.1, 0.15) is 19.3 Å². The predicted octanol–water partition coefficient (Wildman–Crippen LogP) is 1.44. The molecule has 0 spiro atoms. The molecule has 0 aromatic carbocycles. The van der Waals surface area contributed by atoms with E-state index in [1.165, 1.54) is 6.08 Å². The molecule has 2 rings (SSSR count). The van der Waals surface area contributed by atoms with E-state index in [4.69, 9.17) is 10.2 Å². The first kappa shape index (κ1) is 9.96. The summed E-state index contributed by atoms with van der Waals surface area (Å²) in [6.07, 6.45) is 7.05. The van der Waals surface area contributed by atoms with Crippen LogP contribution in [0.2, 0.25) is 0 Å². The second-order valence-corrected chi connectivity index (χ2v) is 4.02. The number of hydrogen-bond acceptors (Lipinski definition) is 2. The Morgan fingerprint density at radius 3 is 2.60 bits per heavy atom. The Morgan fingerprint density at radius 2 is 2.00 bits per heavy atom.